The number of hydrogen-bond acceptors (Lipinski definition) is 5. The lowest BCUT2D eigenvalue weighted by Crippen LogP contribution is -2.05. The quantitative estimate of drug-likeness (QED) is 0.393. The molecule has 0 aliphatic carbocycles. The molecule has 0 radical (unpaired) electrons. The lowest BCUT2D eigenvalue weighted by molar-refractivity contribution is 0.266. The Morgan fingerprint density at radius 1 is 1.25 bits per heavy atom. The van der Waals surface area contributed by atoms with Gasteiger partial charge in [-0.15, -0.1) is 22.7 Å². The molecule has 0 aliphatic heterocycles. The predicted octanol–water partition coefficient (Wildman–Crippen LogP) is 7.12. The number of halogens is 2. The van der Waals surface area contributed by atoms with Crippen LogP contribution in [0.5, 0.6) is 0 Å². The summed E-state index contributed by atoms with van der Waals surface area (Å²) in [5, 5.41) is 0. The molecule has 112 valence electrons. The first-order valence-corrected chi connectivity index (χ1v) is 10.7. The summed E-state index contributed by atoms with van der Waals surface area (Å²) in [5.74, 6) is 0.668. The van der Waals surface area contributed by atoms with Crippen molar-refractivity contribution in [2.24, 2.45) is 5.92 Å². The molecule has 1 unspecified atom stereocenters. The fourth-order valence-corrected chi connectivity index (χ4v) is 6.89. The van der Waals surface area contributed by atoms with Crippen LogP contribution < -0.4 is 0 Å². The number of hydrogen-bond donors (Lipinski definition) is 0. The van der Waals surface area contributed by atoms with E-state index in [4.69, 9.17) is 4.18 Å². The number of nitrogens with zero attached hydrogens (tertiary/aromatic N) is 1. The van der Waals surface area contributed by atoms with Gasteiger partial charge in [0.15, 0.2) is 4.34 Å². The summed E-state index contributed by atoms with van der Waals surface area (Å²) in [6.45, 7) is 5.29. The summed E-state index contributed by atoms with van der Waals surface area (Å²) >= 11 is 11.9. The first-order valence-electron chi connectivity index (χ1n) is 6.69. The van der Waals surface area contributed by atoms with E-state index in [9.17, 15) is 0 Å². The van der Waals surface area contributed by atoms with Gasteiger partial charge in [-0.25, -0.2) is 4.98 Å². The SMILES string of the molecule is CCCCC(CC)COSc1nc2c(Br)sc(Br)c2s1. The summed E-state index contributed by atoms with van der Waals surface area (Å²) in [6.07, 6.45) is 4.99. The molecule has 0 saturated carbocycles. The first kappa shape index (κ1) is 17.2. The van der Waals surface area contributed by atoms with E-state index in [-0.39, 0.29) is 0 Å². The highest BCUT2D eigenvalue weighted by molar-refractivity contribution is 9.12. The summed E-state index contributed by atoms with van der Waals surface area (Å²) < 4.78 is 10.2. The van der Waals surface area contributed by atoms with Crippen molar-refractivity contribution < 1.29 is 4.18 Å². The molecule has 2 aromatic heterocycles. The van der Waals surface area contributed by atoms with Gasteiger partial charge in [0.05, 0.1) is 30.9 Å². The molecular formula is C13H17Br2NOS3. The van der Waals surface area contributed by atoms with Crippen molar-refractivity contribution >= 4 is 76.8 Å². The van der Waals surface area contributed by atoms with Gasteiger partial charge in [0.1, 0.15) is 5.52 Å². The van der Waals surface area contributed by atoms with Gasteiger partial charge >= 0.3 is 0 Å². The second-order valence-corrected chi connectivity index (χ2v) is 10.3. The van der Waals surface area contributed by atoms with Crippen LogP contribution in [0, 0.1) is 5.92 Å². The molecule has 0 fully saturated rings. The van der Waals surface area contributed by atoms with Gasteiger partial charge in [-0.1, -0.05) is 33.1 Å². The third kappa shape index (κ3) is 4.43. The topological polar surface area (TPSA) is 22.1 Å². The van der Waals surface area contributed by atoms with E-state index in [1.165, 1.54) is 42.4 Å². The van der Waals surface area contributed by atoms with Crippen LogP contribution in [-0.2, 0) is 4.18 Å². The molecule has 7 heteroatoms. The van der Waals surface area contributed by atoms with E-state index < -0.39 is 0 Å². The Morgan fingerprint density at radius 2 is 2.05 bits per heavy atom. The molecule has 2 aromatic rings. The molecule has 2 rings (SSSR count). The zero-order valence-corrected chi connectivity index (χ0v) is 17.1. The third-order valence-electron chi connectivity index (χ3n) is 3.13. The second kappa shape index (κ2) is 8.48. The Morgan fingerprint density at radius 3 is 2.70 bits per heavy atom. The van der Waals surface area contributed by atoms with Crippen molar-refractivity contribution in [2.45, 2.75) is 43.9 Å². The Bertz CT molecular complexity index is 521. The van der Waals surface area contributed by atoms with Gasteiger partial charge in [0.2, 0.25) is 0 Å². The number of aromatic nitrogens is 1. The molecule has 2 nitrogen and oxygen atoms in total. The van der Waals surface area contributed by atoms with Crippen LogP contribution in [0.1, 0.15) is 39.5 Å². The van der Waals surface area contributed by atoms with Gasteiger partial charge < -0.3 is 4.18 Å². The van der Waals surface area contributed by atoms with Gasteiger partial charge in [-0.2, -0.15) is 0 Å². The zero-order valence-electron chi connectivity index (χ0n) is 11.4. The van der Waals surface area contributed by atoms with Crippen LogP contribution >= 0.6 is 66.6 Å². The van der Waals surface area contributed by atoms with E-state index in [1.54, 1.807) is 22.7 Å². The number of thiazole rings is 1. The molecule has 0 amide bonds. The van der Waals surface area contributed by atoms with Crippen LogP contribution in [0.2, 0.25) is 0 Å². The minimum atomic E-state index is 0.668. The smallest absolute Gasteiger partial charge is 0.178 e. The maximum atomic E-state index is 5.79. The Hall–Kier alpha value is 0.860. The molecule has 20 heavy (non-hydrogen) atoms. The van der Waals surface area contributed by atoms with Gasteiger partial charge in [-0.3, -0.25) is 0 Å². The van der Waals surface area contributed by atoms with Gasteiger partial charge in [0.25, 0.3) is 0 Å². The molecule has 0 N–H and O–H groups in total. The van der Waals surface area contributed by atoms with Crippen molar-refractivity contribution in [3.63, 3.8) is 0 Å². The molecule has 0 bridgehead atoms. The second-order valence-electron chi connectivity index (χ2n) is 4.59. The maximum absolute atomic E-state index is 5.79. The molecular weight excluding hydrogens is 442 g/mol. The Labute approximate surface area is 149 Å². The Balaban J connectivity index is 1.87. The molecule has 0 aliphatic rings. The highest BCUT2D eigenvalue weighted by Gasteiger charge is 2.15. The highest BCUT2D eigenvalue weighted by atomic mass is 79.9. The van der Waals surface area contributed by atoms with E-state index in [2.05, 4.69) is 50.7 Å². The third-order valence-corrected chi connectivity index (χ3v) is 7.83. The number of unbranched alkanes of at least 4 members (excludes halogenated alkanes) is 1. The van der Waals surface area contributed by atoms with Crippen molar-refractivity contribution in [3.05, 3.63) is 7.57 Å². The van der Waals surface area contributed by atoms with Crippen molar-refractivity contribution in [2.75, 3.05) is 6.61 Å². The van der Waals surface area contributed by atoms with Gasteiger partial charge in [-0.05, 0) is 44.2 Å². The van der Waals surface area contributed by atoms with Crippen LogP contribution in [0.15, 0.2) is 11.9 Å². The van der Waals surface area contributed by atoms with Crippen LogP contribution in [0.3, 0.4) is 0 Å². The van der Waals surface area contributed by atoms with Gasteiger partial charge in [0, 0.05) is 0 Å². The maximum Gasteiger partial charge on any atom is 0.178 e. The molecule has 0 aromatic carbocycles. The summed E-state index contributed by atoms with van der Waals surface area (Å²) in [7, 11) is 0. The normalized spacial score (nSPS) is 13.2. The highest BCUT2D eigenvalue weighted by Crippen LogP contribution is 2.44. The average Bonchev–Trinajstić information content (AvgIpc) is 2.96. The van der Waals surface area contributed by atoms with Crippen molar-refractivity contribution in [1.82, 2.24) is 4.98 Å². The average molecular weight is 459 g/mol. The largest absolute Gasteiger partial charge is 0.308 e. The summed E-state index contributed by atoms with van der Waals surface area (Å²) in [6, 6.07) is 0. The molecule has 1 atom stereocenters. The minimum Gasteiger partial charge on any atom is -0.308 e. The lowest BCUT2D eigenvalue weighted by atomic mass is 10.0. The number of fused-ring (bicyclic) bond motifs is 1. The zero-order chi connectivity index (χ0) is 14.5. The van der Waals surface area contributed by atoms with E-state index >= 15 is 0 Å². The number of thiophene rings is 1. The molecule has 0 spiro atoms. The fraction of sp³-hybridized carbons (Fsp3) is 0.615. The first-order chi connectivity index (χ1) is 9.65. The summed E-state index contributed by atoms with van der Waals surface area (Å²) in [5.41, 5.74) is 1.04. The van der Waals surface area contributed by atoms with E-state index in [0.717, 1.165) is 24.0 Å². The monoisotopic (exact) mass is 457 g/mol. The van der Waals surface area contributed by atoms with Crippen LogP contribution in [-0.4, -0.2) is 11.6 Å². The van der Waals surface area contributed by atoms with E-state index in [1.807, 2.05) is 0 Å². The summed E-state index contributed by atoms with van der Waals surface area (Å²) in [4.78, 5) is 4.61. The van der Waals surface area contributed by atoms with E-state index in [0.29, 0.717) is 5.92 Å². The lowest BCUT2D eigenvalue weighted by Gasteiger charge is -2.12. The minimum absolute atomic E-state index is 0.668. The van der Waals surface area contributed by atoms with Crippen LogP contribution in [0.4, 0.5) is 0 Å². The number of rotatable bonds is 8. The predicted molar refractivity (Wildman–Crippen MR) is 98.0 cm³/mol. The van der Waals surface area contributed by atoms with Crippen molar-refractivity contribution in [3.8, 4) is 0 Å². The standard InChI is InChI=1S/C13H17Br2NOS3/c1-3-5-6-8(4-2)7-17-20-13-16-9-10(18-13)12(15)19-11(9)14/h8H,3-7H2,1-2H3. The Kier molecular flexibility index (Phi) is 7.30. The fourth-order valence-electron chi connectivity index (χ4n) is 1.85. The molecule has 2 heterocycles. The van der Waals surface area contributed by atoms with Crippen LogP contribution in [0.25, 0.3) is 10.2 Å². The van der Waals surface area contributed by atoms with Crippen molar-refractivity contribution in [1.29, 1.82) is 0 Å². The molecule has 0 saturated heterocycles.